The molecule has 0 fully saturated rings. The second-order valence-electron chi connectivity index (χ2n) is 3.08. The molecule has 0 saturated heterocycles. The second kappa shape index (κ2) is 3.53. The number of aromatic nitrogens is 2. The van der Waals surface area contributed by atoms with Gasteiger partial charge < -0.3 is 0 Å². The highest BCUT2D eigenvalue weighted by molar-refractivity contribution is 5.87. The smallest absolute Gasteiger partial charge is 0.261 e. The standard InChI is InChI=1S/C10H9N3O2/c1-2-6-12-9-4-3-5-10(13(14)15)8(9)7-11-12/h2-5,7H,1,6H2. The van der Waals surface area contributed by atoms with Crippen molar-refractivity contribution in [3.63, 3.8) is 0 Å². The van der Waals surface area contributed by atoms with Gasteiger partial charge in [-0.2, -0.15) is 5.10 Å². The van der Waals surface area contributed by atoms with Gasteiger partial charge in [0.15, 0.2) is 0 Å². The minimum Gasteiger partial charge on any atom is -0.261 e. The van der Waals surface area contributed by atoms with E-state index < -0.39 is 4.92 Å². The van der Waals surface area contributed by atoms with Crippen LogP contribution in [-0.2, 0) is 6.54 Å². The van der Waals surface area contributed by atoms with Crippen LogP contribution in [0.5, 0.6) is 0 Å². The van der Waals surface area contributed by atoms with Crippen LogP contribution in [0.4, 0.5) is 5.69 Å². The van der Waals surface area contributed by atoms with Crippen molar-refractivity contribution >= 4 is 16.6 Å². The molecule has 5 nitrogen and oxygen atoms in total. The Balaban J connectivity index is 2.68. The van der Waals surface area contributed by atoms with Crippen LogP contribution >= 0.6 is 0 Å². The zero-order valence-corrected chi connectivity index (χ0v) is 7.96. The van der Waals surface area contributed by atoms with Crippen LogP contribution in [0.1, 0.15) is 0 Å². The fourth-order valence-electron chi connectivity index (χ4n) is 1.52. The lowest BCUT2D eigenvalue weighted by atomic mass is 10.2. The predicted octanol–water partition coefficient (Wildman–Crippen LogP) is 2.13. The molecule has 0 atom stereocenters. The fraction of sp³-hybridized carbons (Fsp3) is 0.100. The first kappa shape index (κ1) is 9.39. The van der Waals surface area contributed by atoms with Gasteiger partial charge in [-0.1, -0.05) is 12.1 Å². The van der Waals surface area contributed by atoms with Crippen molar-refractivity contribution < 1.29 is 4.92 Å². The van der Waals surface area contributed by atoms with Crippen molar-refractivity contribution in [2.24, 2.45) is 0 Å². The number of hydrogen-bond donors (Lipinski definition) is 0. The molecular weight excluding hydrogens is 194 g/mol. The van der Waals surface area contributed by atoms with Gasteiger partial charge in [0.2, 0.25) is 0 Å². The predicted molar refractivity (Wildman–Crippen MR) is 56.6 cm³/mol. The Bertz CT molecular complexity index is 530. The minimum absolute atomic E-state index is 0.0859. The van der Waals surface area contributed by atoms with Crippen LogP contribution in [0.25, 0.3) is 10.9 Å². The molecule has 0 radical (unpaired) electrons. The van der Waals surface area contributed by atoms with Crippen LogP contribution in [0.15, 0.2) is 37.1 Å². The summed E-state index contributed by atoms with van der Waals surface area (Å²) in [6, 6.07) is 4.93. The summed E-state index contributed by atoms with van der Waals surface area (Å²) in [5.41, 5.74) is 0.840. The average molecular weight is 203 g/mol. The molecule has 2 rings (SSSR count). The Kier molecular flexibility index (Phi) is 2.21. The van der Waals surface area contributed by atoms with Gasteiger partial charge in [-0.3, -0.25) is 14.8 Å². The number of nitro groups is 1. The summed E-state index contributed by atoms with van der Waals surface area (Å²) in [6.07, 6.45) is 3.21. The molecule has 2 aromatic rings. The molecule has 0 amide bonds. The molecule has 76 valence electrons. The first-order chi connectivity index (χ1) is 7.24. The van der Waals surface area contributed by atoms with Gasteiger partial charge in [0.25, 0.3) is 5.69 Å². The van der Waals surface area contributed by atoms with Gasteiger partial charge in [0, 0.05) is 6.07 Å². The van der Waals surface area contributed by atoms with E-state index in [-0.39, 0.29) is 5.69 Å². The SMILES string of the molecule is C=CCn1ncc2c([N+](=O)[O-])cccc21. The number of nitrogens with zero attached hydrogens (tertiary/aromatic N) is 3. The zero-order valence-electron chi connectivity index (χ0n) is 7.96. The van der Waals surface area contributed by atoms with E-state index in [2.05, 4.69) is 11.7 Å². The molecular formula is C10H9N3O2. The monoisotopic (exact) mass is 203 g/mol. The van der Waals surface area contributed by atoms with Gasteiger partial charge in [-0.25, -0.2) is 0 Å². The van der Waals surface area contributed by atoms with Crippen molar-refractivity contribution in [1.82, 2.24) is 9.78 Å². The molecule has 0 spiro atoms. The van der Waals surface area contributed by atoms with Crippen LogP contribution in [0.3, 0.4) is 0 Å². The Morgan fingerprint density at radius 3 is 3.07 bits per heavy atom. The van der Waals surface area contributed by atoms with Gasteiger partial charge in [0.05, 0.1) is 28.6 Å². The Hall–Kier alpha value is -2.17. The summed E-state index contributed by atoms with van der Waals surface area (Å²) < 4.78 is 1.68. The second-order valence-corrected chi connectivity index (χ2v) is 3.08. The highest BCUT2D eigenvalue weighted by Crippen LogP contribution is 2.24. The number of benzene rings is 1. The Morgan fingerprint density at radius 2 is 2.40 bits per heavy atom. The molecule has 15 heavy (non-hydrogen) atoms. The van der Waals surface area contributed by atoms with E-state index >= 15 is 0 Å². The third kappa shape index (κ3) is 1.48. The average Bonchev–Trinajstić information content (AvgIpc) is 2.62. The van der Waals surface area contributed by atoms with Crippen molar-refractivity contribution in [2.75, 3.05) is 0 Å². The maximum Gasteiger partial charge on any atom is 0.280 e. The molecule has 1 aromatic carbocycles. The van der Waals surface area contributed by atoms with E-state index in [0.717, 1.165) is 5.52 Å². The first-order valence-electron chi connectivity index (χ1n) is 4.44. The fourth-order valence-corrected chi connectivity index (χ4v) is 1.52. The van der Waals surface area contributed by atoms with Crippen LogP contribution in [-0.4, -0.2) is 14.7 Å². The number of nitro benzene ring substituents is 1. The maximum atomic E-state index is 10.7. The summed E-state index contributed by atoms with van der Waals surface area (Å²) in [6.45, 7) is 4.15. The van der Waals surface area contributed by atoms with E-state index in [0.29, 0.717) is 11.9 Å². The molecule has 0 unspecified atom stereocenters. The Labute approximate surface area is 85.8 Å². The Morgan fingerprint density at radius 1 is 1.60 bits per heavy atom. The number of fused-ring (bicyclic) bond motifs is 1. The van der Waals surface area contributed by atoms with Gasteiger partial charge in [0.1, 0.15) is 0 Å². The maximum absolute atomic E-state index is 10.7. The highest BCUT2D eigenvalue weighted by Gasteiger charge is 2.13. The molecule has 0 aliphatic carbocycles. The van der Waals surface area contributed by atoms with Crippen LogP contribution in [0.2, 0.25) is 0 Å². The van der Waals surface area contributed by atoms with Gasteiger partial charge >= 0.3 is 0 Å². The molecule has 0 aliphatic heterocycles. The van der Waals surface area contributed by atoms with Crippen molar-refractivity contribution in [1.29, 1.82) is 0 Å². The third-order valence-electron chi connectivity index (χ3n) is 2.16. The van der Waals surface area contributed by atoms with Gasteiger partial charge in [-0.05, 0) is 6.07 Å². The quantitative estimate of drug-likeness (QED) is 0.436. The lowest BCUT2D eigenvalue weighted by molar-refractivity contribution is -0.383. The van der Waals surface area contributed by atoms with E-state index in [1.807, 2.05) is 0 Å². The molecule has 0 aliphatic rings. The summed E-state index contributed by atoms with van der Waals surface area (Å²) in [5, 5.41) is 15.4. The summed E-state index contributed by atoms with van der Waals surface area (Å²) in [7, 11) is 0. The van der Waals surface area contributed by atoms with Crippen LogP contribution < -0.4 is 0 Å². The van der Waals surface area contributed by atoms with E-state index in [1.54, 1.807) is 22.9 Å². The third-order valence-corrected chi connectivity index (χ3v) is 2.16. The number of rotatable bonds is 3. The number of allylic oxidation sites excluding steroid dienone is 1. The largest absolute Gasteiger partial charge is 0.280 e. The minimum atomic E-state index is -0.401. The summed E-state index contributed by atoms with van der Waals surface area (Å²) >= 11 is 0. The lowest BCUT2D eigenvalue weighted by Crippen LogP contribution is -1.96. The van der Waals surface area contributed by atoms with E-state index in [1.165, 1.54) is 12.3 Å². The molecule has 0 bridgehead atoms. The normalized spacial score (nSPS) is 10.4. The first-order valence-corrected chi connectivity index (χ1v) is 4.44. The van der Waals surface area contributed by atoms with Crippen molar-refractivity contribution in [3.05, 3.63) is 47.2 Å². The van der Waals surface area contributed by atoms with E-state index in [4.69, 9.17) is 0 Å². The molecule has 0 saturated carbocycles. The lowest BCUT2D eigenvalue weighted by Gasteiger charge is -1.98. The molecule has 5 heteroatoms. The van der Waals surface area contributed by atoms with Gasteiger partial charge in [-0.15, -0.1) is 6.58 Å². The highest BCUT2D eigenvalue weighted by atomic mass is 16.6. The van der Waals surface area contributed by atoms with E-state index in [9.17, 15) is 10.1 Å². The molecule has 1 aromatic heterocycles. The number of non-ortho nitro benzene ring substituents is 1. The van der Waals surface area contributed by atoms with Crippen molar-refractivity contribution in [2.45, 2.75) is 6.54 Å². The molecule has 1 heterocycles. The zero-order chi connectivity index (χ0) is 10.8. The topological polar surface area (TPSA) is 61.0 Å². The summed E-state index contributed by atoms with van der Waals surface area (Å²) in [5.74, 6) is 0. The van der Waals surface area contributed by atoms with Crippen molar-refractivity contribution in [3.8, 4) is 0 Å². The molecule has 0 N–H and O–H groups in total. The van der Waals surface area contributed by atoms with Crippen LogP contribution in [0, 0.1) is 10.1 Å². The number of hydrogen-bond acceptors (Lipinski definition) is 3. The summed E-state index contributed by atoms with van der Waals surface area (Å²) in [4.78, 5) is 10.3.